The van der Waals surface area contributed by atoms with Crippen LogP contribution in [0.4, 0.5) is 0 Å². The molecule has 0 unspecified atom stereocenters. The molecule has 0 spiro atoms. The third kappa shape index (κ3) is 11.4. The fraction of sp³-hybridized carbons (Fsp3) is 0.684. The number of hydrogen-bond donors (Lipinski definition) is 0. The van der Waals surface area contributed by atoms with Gasteiger partial charge < -0.3 is 33.2 Å². The second kappa shape index (κ2) is 14.1. The first-order chi connectivity index (χ1) is 14.8. The number of rotatable bonds is 6. The summed E-state index contributed by atoms with van der Waals surface area (Å²) in [6.45, 7) is 6.73. The van der Waals surface area contributed by atoms with Gasteiger partial charge in [-0.15, -0.1) is 0 Å². The normalized spacial score (nSPS) is 24.0. The van der Waals surface area contributed by atoms with Gasteiger partial charge in [0.15, 0.2) is 24.6 Å². The number of esters is 6. The van der Waals surface area contributed by atoms with Crippen LogP contribution in [0.3, 0.4) is 0 Å². The zero-order valence-electron chi connectivity index (χ0n) is 18.9. The maximum absolute atomic E-state index is 11.5. The maximum atomic E-state index is 11.5. The summed E-state index contributed by atoms with van der Waals surface area (Å²) in [5.41, 5.74) is 0. The topological polar surface area (TPSA) is 167 Å². The molecule has 13 heteroatoms. The quantitative estimate of drug-likeness (QED) is 0.288. The lowest BCUT2D eigenvalue weighted by atomic mass is 9.98. The van der Waals surface area contributed by atoms with Crippen molar-refractivity contribution in [2.24, 2.45) is 0 Å². The molecular weight excluding hydrogens is 436 g/mol. The van der Waals surface area contributed by atoms with E-state index in [-0.39, 0.29) is 6.61 Å². The average molecular weight is 464 g/mol. The van der Waals surface area contributed by atoms with Crippen molar-refractivity contribution in [3.63, 3.8) is 0 Å². The first-order valence-corrected chi connectivity index (χ1v) is 9.30. The lowest BCUT2D eigenvalue weighted by Gasteiger charge is -2.43. The lowest BCUT2D eigenvalue weighted by Crippen LogP contribution is -2.62. The van der Waals surface area contributed by atoms with Gasteiger partial charge in [-0.2, -0.15) is 0 Å². The van der Waals surface area contributed by atoms with Crippen LogP contribution >= 0.6 is 0 Å². The van der Waals surface area contributed by atoms with Crippen molar-refractivity contribution in [1.29, 1.82) is 0 Å². The third-order valence-corrected chi connectivity index (χ3v) is 3.47. The highest BCUT2D eigenvalue weighted by Gasteiger charge is 2.52. The van der Waals surface area contributed by atoms with E-state index in [0.29, 0.717) is 0 Å². The summed E-state index contributed by atoms with van der Waals surface area (Å²) in [7, 11) is 1.29. The Hall–Kier alpha value is -3.06. The third-order valence-electron chi connectivity index (χ3n) is 3.47. The molecule has 0 saturated carbocycles. The molecule has 1 rings (SSSR count). The van der Waals surface area contributed by atoms with E-state index in [1.54, 1.807) is 0 Å². The van der Waals surface area contributed by atoms with E-state index in [2.05, 4.69) is 4.74 Å². The van der Waals surface area contributed by atoms with Gasteiger partial charge in [0.2, 0.25) is 0 Å². The van der Waals surface area contributed by atoms with Crippen LogP contribution in [0.5, 0.6) is 0 Å². The van der Waals surface area contributed by atoms with Crippen LogP contribution in [0.25, 0.3) is 0 Å². The molecule has 0 N–H and O–H groups in total. The molecule has 1 saturated heterocycles. The number of ether oxygens (including phenoxy) is 7. The smallest absolute Gasteiger partial charge is 0.310 e. The Morgan fingerprint density at radius 3 is 1.41 bits per heavy atom. The van der Waals surface area contributed by atoms with Crippen molar-refractivity contribution < 1.29 is 61.9 Å². The second-order valence-corrected chi connectivity index (χ2v) is 6.39. The molecule has 13 nitrogen and oxygen atoms in total. The summed E-state index contributed by atoms with van der Waals surface area (Å²) in [5, 5.41) is 0. The van der Waals surface area contributed by atoms with Gasteiger partial charge in [0.05, 0.1) is 0 Å². The Balaban J connectivity index is 0.00000118. The van der Waals surface area contributed by atoms with Crippen molar-refractivity contribution in [3.05, 3.63) is 0 Å². The van der Waals surface area contributed by atoms with Crippen LogP contribution in [0.15, 0.2) is 0 Å². The monoisotopic (exact) mass is 464 g/mol. The highest BCUT2D eigenvalue weighted by molar-refractivity contribution is 5.82. The van der Waals surface area contributed by atoms with Gasteiger partial charge in [0.25, 0.3) is 0 Å². The molecule has 0 amide bonds. The minimum absolute atomic E-state index is 0.280. The predicted molar refractivity (Wildman–Crippen MR) is 101 cm³/mol. The Bertz CT molecular complexity index is 689. The molecular formula is C19H28O13. The van der Waals surface area contributed by atoms with E-state index < -0.39 is 66.5 Å². The molecule has 0 radical (unpaired) electrons. The summed E-state index contributed by atoms with van der Waals surface area (Å²) in [5.74, 6) is -3.75. The number of methoxy groups -OCH3 is 1. The zero-order valence-corrected chi connectivity index (χ0v) is 18.9. The fourth-order valence-corrected chi connectivity index (χ4v) is 2.58. The molecule has 32 heavy (non-hydrogen) atoms. The Labute approximate surface area is 184 Å². The van der Waals surface area contributed by atoms with E-state index >= 15 is 0 Å². The highest BCUT2D eigenvalue weighted by Crippen LogP contribution is 2.29. The van der Waals surface area contributed by atoms with Gasteiger partial charge >= 0.3 is 35.8 Å². The lowest BCUT2D eigenvalue weighted by molar-refractivity contribution is -0.302. The fourth-order valence-electron chi connectivity index (χ4n) is 2.58. The van der Waals surface area contributed by atoms with Crippen molar-refractivity contribution in [2.45, 2.75) is 72.2 Å². The van der Waals surface area contributed by atoms with Gasteiger partial charge in [-0.1, -0.05) is 0 Å². The number of carbonyl (C=O) groups excluding carboxylic acids is 6. The van der Waals surface area contributed by atoms with E-state index in [1.807, 2.05) is 0 Å². The van der Waals surface area contributed by atoms with Crippen molar-refractivity contribution in [1.82, 2.24) is 0 Å². The predicted octanol–water partition coefficient (Wildman–Crippen LogP) is -0.188. The van der Waals surface area contributed by atoms with Gasteiger partial charge in [-0.3, -0.25) is 28.8 Å². The molecule has 1 fully saturated rings. The van der Waals surface area contributed by atoms with Gasteiger partial charge in [-0.25, -0.2) is 0 Å². The van der Waals surface area contributed by atoms with Crippen molar-refractivity contribution in [3.8, 4) is 0 Å². The Kier molecular flexibility index (Phi) is 12.7. The van der Waals surface area contributed by atoms with Crippen molar-refractivity contribution in [2.75, 3.05) is 13.7 Å². The van der Waals surface area contributed by atoms with Crippen LogP contribution in [0.1, 0.15) is 41.5 Å². The average Bonchev–Trinajstić information content (AvgIpc) is 2.61. The SMILES string of the molecule is CC(=O)OC(C)=O.CO[C@H]1O[C@H](COC(C)=O)[C@H](OC(C)=O)[C@H](OC(C)=O)[C@H]1OC(C)=O. The number of hydrogen-bond acceptors (Lipinski definition) is 13. The van der Waals surface area contributed by atoms with Crippen LogP contribution in [-0.4, -0.2) is 80.2 Å². The minimum atomic E-state index is -1.20. The molecule has 0 aliphatic carbocycles. The highest BCUT2D eigenvalue weighted by atomic mass is 16.7. The molecule has 5 atom stereocenters. The van der Waals surface area contributed by atoms with E-state index in [4.69, 9.17) is 28.4 Å². The Morgan fingerprint density at radius 2 is 1.06 bits per heavy atom. The second-order valence-electron chi connectivity index (χ2n) is 6.39. The van der Waals surface area contributed by atoms with E-state index in [0.717, 1.165) is 20.8 Å². The van der Waals surface area contributed by atoms with Crippen LogP contribution in [-0.2, 0) is 61.9 Å². The minimum Gasteiger partial charge on any atom is -0.463 e. The molecule has 0 bridgehead atoms. The first-order valence-electron chi connectivity index (χ1n) is 9.30. The molecule has 1 aliphatic rings. The summed E-state index contributed by atoms with van der Waals surface area (Å²) < 4.78 is 35.1. The van der Waals surface area contributed by atoms with E-state index in [9.17, 15) is 28.8 Å². The summed E-state index contributed by atoms with van der Waals surface area (Å²) >= 11 is 0. The molecule has 0 aromatic heterocycles. The molecule has 182 valence electrons. The van der Waals surface area contributed by atoms with Gasteiger partial charge in [-0.05, 0) is 0 Å². The summed E-state index contributed by atoms with van der Waals surface area (Å²) in [4.78, 5) is 65.0. The van der Waals surface area contributed by atoms with Crippen LogP contribution < -0.4 is 0 Å². The largest absolute Gasteiger partial charge is 0.463 e. The molecule has 1 heterocycles. The first kappa shape index (κ1) is 28.9. The van der Waals surface area contributed by atoms with Gasteiger partial charge in [0, 0.05) is 48.7 Å². The standard InChI is InChI=1S/C15H22O10.C4H6O3/c1-7(16)21-6-11-12(22-8(2)17)13(23-9(3)18)14(24-10(4)19)15(20-5)25-11;1-3(5)7-4(2)6/h11-15H,6H2,1-5H3;1-2H3/t11-,12+,13+,14-,15+;/m1./s1. The van der Waals surface area contributed by atoms with Crippen LogP contribution in [0.2, 0.25) is 0 Å². The van der Waals surface area contributed by atoms with Gasteiger partial charge in [0.1, 0.15) is 12.7 Å². The molecule has 1 aliphatic heterocycles. The zero-order chi connectivity index (χ0) is 25.0. The Morgan fingerprint density at radius 1 is 0.625 bits per heavy atom. The van der Waals surface area contributed by atoms with Crippen molar-refractivity contribution >= 4 is 35.8 Å². The molecule has 0 aromatic rings. The van der Waals surface area contributed by atoms with E-state index in [1.165, 1.54) is 27.9 Å². The van der Waals surface area contributed by atoms with Crippen LogP contribution in [0, 0.1) is 0 Å². The maximum Gasteiger partial charge on any atom is 0.310 e. The summed E-state index contributed by atoms with van der Waals surface area (Å²) in [6, 6.07) is 0. The molecule has 0 aromatic carbocycles. The number of carbonyl (C=O) groups is 6. The summed E-state index contributed by atoms with van der Waals surface area (Å²) in [6.07, 6.45) is -5.67.